The fourth-order valence-electron chi connectivity index (χ4n) is 6.23. The number of carbonyl (C=O) groups excluding carboxylic acids is 6. The number of esters is 4. The van der Waals surface area contributed by atoms with Crippen molar-refractivity contribution < 1.29 is 119 Å². The minimum absolute atomic E-state index is 0.0703. The number of alkyl halides is 12. The molecule has 4 atom stereocenters. The van der Waals surface area contributed by atoms with Crippen molar-refractivity contribution in [2.75, 3.05) is 52.7 Å². The van der Waals surface area contributed by atoms with E-state index in [1.54, 1.807) is 0 Å². The van der Waals surface area contributed by atoms with Gasteiger partial charge in [-0.3, -0.25) is 0 Å². The molecule has 1 fully saturated rings. The Balaban J connectivity index is 3.73. The second-order valence-electron chi connectivity index (χ2n) is 15.1. The van der Waals surface area contributed by atoms with E-state index >= 15 is 52.7 Å². The van der Waals surface area contributed by atoms with E-state index in [4.69, 9.17) is 28.4 Å². The van der Waals surface area contributed by atoms with Gasteiger partial charge in [-0.15, -0.1) is 0 Å². The van der Waals surface area contributed by atoms with Gasteiger partial charge in [0.2, 0.25) is 0 Å². The SMILES string of the molecule is C=C(C)C(=O)OCCNC(=O)OC(COC(=O)C(=C)C)COC(C1CCCC(C(OCC(COC(=O)C(=C)C)OC(=O)NCCOC(=O)C(=C)C)(C(F)(F)F)C(F)(F)F)C1)(C(F)(F)F)C(F)(F)F. The first-order valence-corrected chi connectivity index (χ1v) is 19.8. The average molecular weight is 1010 g/mol. The molecule has 28 heteroatoms. The van der Waals surface area contributed by atoms with Gasteiger partial charge in [0.1, 0.15) is 26.4 Å². The zero-order valence-corrected chi connectivity index (χ0v) is 36.9. The third-order valence-electron chi connectivity index (χ3n) is 9.45. The number of carbonyl (C=O) groups is 6. The zero-order valence-electron chi connectivity index (χ0n) is 36.9. The van der Waals surface area contributed by atoms with Gasteiger partial charge < -0.3 is 48.5 Å². The zero-order chi connectivity index (χ0) is 52.6. The summed E-state index contributed by atoms with van der Waals surface area (Å²) in [6.07, 6.45) is -41.0. The van der Waals surface area contributed by atoms with Gasteiger partial charge in [-0.05, 0) is 47.0 Å². The van der Waals surface area contributed by atoms with Crippen molar-refractivity contribution in [2.24, 2.45) is 11.8 Å². The number of alkyl carbamates (subject to hydrolysis) is 2. The summed E-state index contributed by atoms with van der Waals surface area (Å²) < 4.78 is 218. The number of ether oxygens (including phenoxy) is 8. The largest absolute Gasteiger partial charge is 0.460 e. The molecule has 2 N–H and O–H groups in total. The maximum absolute atomic E-state index is 15.1. The van der Waals surface area contributed by atoms with Crippen molar-refractivity contribution in [2.45, 2.75) is 101 Å². The van der Waals surface area contributed by atoms with Crippen molar-refractivity contribution in [1.82, 2.24) is 10.6 Å². The van der Waals surface area contributed by atoms with E-state index in [1.807, 2.05) is 10.6 Å². The molecule has 4 unspecified atom stereocenters. The molecule has 0 bridgehead atoms. The van der Waals surface area contributed by atoms with E-state index in [0.717, 1.165) is 13.8 Å². The Morgan fingerprint density at radius 3 is 1.03 bits per heavy atom. The fourth-order valence-corrected chi connectivity index (χ4v) is 6.23. The number of hydrogen-bond acceptors (Lipinski definition) is 14. The first-order valence-electron chi connectivity index (χ1n) is 19.8. The van der Waals surface area contributed by atoms with E-state index < -0.39 is 174 Å². The van der Waals surface area contributed by atoms with Gasteiger partial charge in [0, 0.05) is 34.1 Å². The van der Waals surface area contributed by atoms with Gasteiger partial charge in [0.25, 0.3) is 11.2 Å². The van der Waals surface area contributed by atoms with Crippen LogP contribution in [0.1, 0.15) is 53.4 Å². The maximum Gasteiger partial charge on any atom is 0.426 e. The molecule has 16 nitrogen and oxygen atoms in total. The van der Waals surface area contributed by atoms with Crippen LogP contribution in [0, 0.1) is 11.8 Å². The molecule has 1 saturated carbocycles. The van der Waals surface area contributed by atoms with Gasteiger partial charge in [0.15, 0.2) is 12.2 Å². The highest BCUT2D eigenvalue weighted by atomic mass is 19.4. The first kappa shape index (κ1) is 60.5. The topological polar surface area (TPSA) is 200 Å². The van der Waals surface area contributed by atoms with Crippen LogP contribution in [-0.4, -0.2) is 137 Å². The molecule has 0 radical (unpaired) electrons. The fraction of sp³-hybridized carbons (Fsp3) is 0.650. The Bertz CT molecular complexity index is 1690. The predicted octanol–water partition coefficient (Wildman–Crippen LogP) is 7.22. The Morgan fingerprint density at radius 1 is 0.485 bits per heavy atom. The first-order chi connectivity index (χ1) is 31.0. The van der Waals surface area contributed by atoms with Crippen molar-refractivity contribution >= 4 is 36.1 Å². The smallest absolute Gasteiger partial charge is 0.426 e. The van der Waals surface area contributed by atoms with Crippen LogP contribution in [0.5, 0.6) is 0 Å². The maximum atomic E-state index is 15.1. The molecule has 0 heterocycles. The summed E-state index contributed by atoms with van der Waals surface area (Å²) in [7, 11) is 0. The normalized spacial score (nSPS) is 16.8. The van der Waals surface area contributed by atoms with Crippen LogP contribution in [-0.2, 0) is 57.1 Å². The van der Waals surface area contributed by atoms with Gasteiger partial charge >= 0.3 is 60.8 Å². The highest BCUT2D eigenvalue weighted by Crippen LogP contribution is 2.60. The molecular weight excluding hydrogens is 960 g/mol. The lowest BCUT2D eigenvalue weighted by Crippen LogP contribution is -2.68. The average Bonchev–Trinajstić information content (AvgIpc) is 3.19. The van der Waals surface area contributed by atoms with E-state index in [0.29, 0.717) is 0 Å². The minimum atomic E-state index is -6.70. The van der Waals surface area contributed by atoms with E-state index in [9.17, 15) is 28.8 Å². The lowest BCUT2D eigenvalue weighted by molar-refractivity contribution is -0.417. The van der Waals surface area contributed by atoms with Crippen LogP contribution < -0.4 is 10.6 Å². The van der Waals surface area contributed by atoms with Crippen molar-refractivity contribution in [3.8, 4) is 0 Å². The molecule has 1 aliphatic rings. The van der Waals surface area contributed by atoms with E-state index in [2.05, 4.69) is 35.8 Å². The van der Waals surface area contributed by atoms with Gasteiger partial charge in [0.05, 0.1) is 26.3 Å². The summed E-state index contributed by atoms with van der Waals surface area (Å²) >= 11 is 0. The minimum Gasteiger partial charge on any atom is -0.460 e. The molecule has 68 heavy (non-hydrogen) atoms. The highest BCUT2D eigenvalue weighted by Gasteiger charge is 2.79. The third kappa shape index (κ3) is 16.9. The Kier molecular flexibility index (Phi) is 22.4. The molecule has 1 rings (SSSR count). The van der Waals surface area contributed by atoms with Gasteiger partial charge in [-0.2, -0.15) is 52.7 Å². The van der Waals surface area contributed by atoms with Crippen molar-refractivity contribution in [3.63, 3.8) is 0 Å². The molecule has 0 aromatic heterocycles. The number of nitrogens with one attached hydrogen (secondary N) is 2. The lowest BCUT2D eigenvalue weighted by Gasteiger charge is -2.50. The molecule has 0 spiro atoms. The van der Waals surface area contributed by atoms with Gasteiger partial charge in [-0.25, -0.2) is 28.8 Å². The Labute approximate surface area is 380 Å². The summed E-state index contributed by atoms with van der Waals surface area (Å²) in [5, 5.41) is 3.85. The van der Waals surface area contributed by atoms with Crippen LogP contribution in [0.25, 0.3) is 0 Å². The van der Waals surface area contributed by atoms with Crippen LogP contribution in [0.4, 0.5) is 62.3 Å². The molecule has 0 aliphatic heterocycles. The van der Waals surface area contributed by atoms with E-state index in [1.165, 1.54) is 13.8 Å². The van der Waals surface area contributed by atoms with Crippen LogP contribution >= 0.6 is 0 Å². The number of amides is 2. The summed E-state index contributed by atoms with van der Waals surface area (Å²) in [5.41, 5.74) is -12.1. The second kappa shape index (κ2) is 25.2. The molecule has 388 valence electrons. The Hall–Kier alpha value is -5.54. The summed E-state index contributed by atoms with van der Waals surface area (Å²) in [4.78, 5) is 72.2. The summed E-state index contributed by atoms with van der Waals surface area (Å²) in [5.74, 6) is -11.1. The van der Waals surface area contributed by atoms with Crippen LogP contribution in [0.2, 0.25) is 0 Å². The highest BCUT2D eigenvalue weighted by molar-refractivity contribution is 5.88. The molecule has 0 aromatic carbocycles. The van der Waals surface area contributed by atoms with Crippen molar-refractivity contribution in [3.05, 3.63) is 48.6 Å². The standard InChI is InChI=1S/C40H50F12N2O14/c1-21(2)29(55)61-14-12-53-33(59)67-27(17-63-31(57)23(5)6)19-65-35(37(41,42)43,38(44,45)46)25-10-9-11-26(16-25)36(39(47,48)49,40(50,51)52)66-20-28(18-64-32(58)24(7)8)68-34(60)54-13-15-62-30(56)22(3)4/h25-28H,1,3,5,7,9-20H2,2,4,6,8H3,(H,53,59)(H,54,60). The third-order valence-corrected chi connectivity index (χ3v) is 9.45. The molecule has 0 saturated heterocycles. The van der Waals surface area contributed by atoms with Crippen molar-refractivity contribution in [1.29, 1.82) is 0 Å². The van der Waals surface area contributed by atoms with Crippen LogP contribution in [0.3, 0.4) is 0 Å². The molecular formula is C40H50F12N2O14. The number of halogens is 12. The molecule has 1 aliphatic carbocycles. The molecule has 0 aromatic rings. The number of hydrogen-bond donors (Lipinski definition) is 2. The van der Waals surface area contributed by atoms with Gasteiger partial charge in [-0.1, -0.05) is 32.7 Å². The lowest BCUT2D eigenvalue weighted by atomic mass is 9.66. The molecule has 2 amide bonds. The van der Waals surface area contributed by atoms with E-state index in [-0.39, 0.29) is 22.3 Å². The summed E-state index contributed by atoms with van der Waals surface area (Å²) in [6, 6.07) is 0. The quantitative estimate of drug-likeness (QED) is 0.0323. The summed E-state index contributed by atoms with van der Waals surface area (Å²) in [6.45, 7) is 8.69. The van der Waals surface area contributed by atoms with Crippen LogP contribution in [0.15, 0.2) is 48.6 Å². The monoisotopic (exact) mass is 1010 g/mol. The number of rotatable bonds is 24. The predicted molar refractivity (Wildman–Crippen MR) is 207 cm³/mol. The Morgan fingerprint density at radius 2 is 0.765 bits per heavy atom. The second-order valence-corrected chi connectivity index (χ2v) is 15.1.